The predicted octanol–water partition coefficient (Wildman–Crippen LogP) is 2.52. The Labute approximate surface area is 123 Å². The van der Waals surface area contributed by atoms with Crippen molar-refractivity contribution in [3.63, 3.8) is 0 Å². The van der Waals surface area contributed by atoms with Crippen molar-refractivity contribution in [2.45, 2.75) is 32.9 Å². The van der Waals surface area contributed by atoms with Gasteiger partial charge in [-0.05, 0) is 45.5 Å². The minimum absolute atomic E-state index is 0.136. The van der Waals surface area contributed by atoms with Gasteiger partial charge in [0.15, 0.2) is 0 Å². The molecule has 1 N–H and O–H groups in total. The summed E-state index contributed by atoms with van der Waals surface area (Å²) in [5, 5.41) is 3.46. The van der Waals surface area contributed by atoms with Crippen molar-refractivity contribution < 1.29 is 4.74 Å². The number of hydrogen-bond donors (Lipinski definition) is 1. The molecule has 0 amide bonds. The molecule has 3 heteroatoms. The van der Waals surface area contributed by atoms with E-state index in [4.69, 9.17) is 11.2 Å². The van der Waals surface area contributed by atoms with E-state index in [-0.39, 0.29) is 5.54 Å². The van der Waals surface area contributed by atoms with E-state index in [1.807, 2.05) is 19.2 Å². The third kappa shape index (κ3) is 7.18. The topological polar surface area (TPSA) is 24.5 Å². The van der Waals surface area contributed by atoms with E-state index < -0.39 is 0 Å². The molecule has 0 spiro atoms. The van der Waals surface area contributed by atoms with Gasteiger partial charge in [0.05, 0.1) is 6.54 Å². The van der Waals surface area contributed by atoms with Crippen LogP contribution in [0, 0.1) is 12.3 Å². The van der Waals surface area contributed by atoms with Gasteiger partial charge in [-0.2, -0.15) is 0 Å². The molecule has 0 saturated heterocycles. The van der Waals surface area contributed by atoms with Gasteiger partial charge < -0.3 is 10.1 Å². The van der Waals surface area contributed by atoms with Crippen LogP contribution in [-0.4, -0.2) is 37.2 Å². The summed E-state index contributed by atoms with van der Waals surface area (Å²) >= 11 is 0. The Morgan fingerprint density at radius 2 is 1.90 bits per heavy atom. The van der Waals surface area contributed by atoms with Crippen LogP contribution in [0.3, 0.4) is 0 Å². The second-order valence-electron chi connectivity index (χ2n) is 6.04. The van der Waals surface area contributed by atoms with Crippen LogP contribution < -0.4 is 10.1 Å². The van der Waals surface area contributed by atoms with Crippen LogP contribution in [0.5, 0.6) is 5.75 Å². The Morgan fingerprint density at radius 1 is 1.25 bits per heavy atom. The highest BCUT2D eigenvalue weighted by atomic mass is 16.5. The number of benzene rings is 1. The van der Waals surface area contributed by atoms with Gasteiger partial charge in [-0.15, -0.1) is 6.42 Å². The van der Waals surface area contributed by atoms with Gasteiger partial charge in [-0.25, -0.2) is 0 Å². The van der Waals surface area contributed by atoms with Gasteiger partial charge in [0, 0.05) is 18.6 Å². The average molecular weight is 274 g/mol. The molecule has 0 unspecified atom stereocenters. The number of hydrogen-bond acceptors (Lipinski definition) is 3. The number of ether oxygens (including phenoxy) is 1. The summed E-state index contributed by atoms with van der Waals surface area (Å²) < 4.78 is 5.69. The molecule has 0 saturated carbocycles. The van der Waals surface area contributed by atoms with Crippen LogP contribution >= 0.6 is 0 Å². The molecule has 0 atom stereocenters. The van der Waals surface area contributed by atoms with Gasteiger partial charge in [-0.1, -0.05) is 18.1 Å². The minimum atomic E-state index is 0.136. The lowest BCUT2D eigenvalue weighted by Crippen LogP contribution is -2.35. The Kier molecular flexibility index (Phi) is 6.57. The molecule has 0 fully saturated rings. The van der Waals surface area contributed by atoms with Gasteiger partial charge in [0.2, 0.25) is 0 Å². The second-order valence-corrected chi connectivity index (χ2v) is 6.04. The maximum absolute atomic E-state index is 5.69. The highest BCUT2D eigenvalue weighted by molar-refractivity contribution is 5.27. The normalized spacial score (nSPS) is 11.4. The van der Waals surface area contributed by atoms with Crippen molar-refractivity contribution in [2.24, 2.45) is 0 Å². The summed E-state index contributed by atoms with van der Waals surface area (Å²) in [5.41, 5.74) is 1.40. The molecule has 110 valence electrons. The van der Waals surface area contributed by atoms with Crippen molar-refractivity contribution in [1.29, 1.82) is 0 Å². The maximum atomic E-state index is 5.69. The minimum Gasteiger partial charge on any atom is -0.492 e. The van der Waals surface area contributed by atoms with Gasteiger partial charge in [-0.3, -0.25) is 4.90 Å². The molecule has 3 nitrogen and oxygen atoms in total. The highest BCUT2D eigenvalue weighted by Gasteiger charge is 2.08. The zero-order valence-electron chi connectivity index (χ0n) is 13.1. The second kappa shape index (κ2) is 7.94. The van der Waals surface area contributed by atoms with Crippen LogP contribution in [0.25, 0.3) is 0 Å². The zero-order chi connectivity index (χ0) is 15.0. The molecule has 1 aromatic rings. The molecule has 0 heterocycles. The largest absolute Gasteiger partial charge is 0.492 e. The molecular formula is C17H26N2O. The van der Waals surface area contributed by atoms with E-state index in [0.717, 1.165) is 18.8 Å². The summed E-state index contributed by atoms with van der Waals surface area (Å²) in [4.78, 5) is 2.06. The number of rotatable bonds is 7. The number of nitrogens with zero attached hydrogens (tertiary/aromatic N) is 1. The summed E-state index contributed by atoms with van der Waals surface area (Å²) in [6.07, 6.45) is 5.25. The van der Waals surface area contributed by atoms with Crippen molar-refractivity contribution in [1.82, 2.24) is 10.2 Å². The summed E-state index contributed by atoms with van der Waals surface area (Å²) in [6, 6.07) is 8.22. The Balaban J connectivity index is 2.34. The Bertz CT molecular complexity index is 426. The summed E-state index contributed by atoms with van der Waals surface area (Å²) in [5.74, 6) is 3.51. The van der Waals surface area contributed by atoms with Crippen molar-refractivity contribution in [2.75, 3.05) is 26.7 Å². The number of likely N-dealkylation sites (N-methyl/N-ethyl adjacent to an activating group) is 1. The molecular weight excluding hydrogens is 248 g/mol. The summed E-state index contributed by atoms with van der Waals surface area (Å²) in [6.45, 7) is 9.50. The first kappa shape index (κ1) is 16.6. The lowest BCUT2D eigenvalue weighted by atomic mass is 10.1. The molecule has 0 aliphatic rings. The fourth-order valence-electron chi connectivity index (χ4n) is 1.62. The molecule has 0 aliphatic heterocycles. The van der Waals surface area contributed by atoms with Crippen LogP contribution in [0.15, 0.2) is 24.3 Å². The van der Waals surface area contributed by atoms with Crippen LogP contribution in [0.1, 0.15) is 26.3 Å². The van der Waals surface area contributed by atoms with Gasteiger partial charge >= 0.3 is 0 Å². The lowest BCUT2D eigenvalue weighted by molar-refractivity contribution is 0.251. The Morgan fingerprint density at radius 3 is 2.45 bits per heavy atom. The fourth-order valence-corrected chi connectivity index (χ4v) is 1.62. The molecule has 1 aromatic carbocycles. The molecule has 0 aliphatic carbocycles. The van der Waals surface area contributed by atoms with E-state index in [1.165, 1.54) is 5.56 Å². The molecule has 1 rings (SSSR count). The van der Waals surface area contributed by atoms with Gasteiger partial charge in [0.1, 0.15) is 12.4 Å². The quantitative estimate of drug-likeness (QED) is 0.773. The van der Waals surface area contributed by atoms with Crippen molar-refractivity contribution >= 4 is 0 Å². The van der Waals surface area contributed by atoms with E-state index in [2.05, 4.69) is 49.0 Å². The van der Waals surface area contributed by atoms with Gasteiger partial charge in [0.25, 0.3) is 0 Å². The first-order valence-electron chi connectivity index (χ1n) is 6.99. The molecule has 0 radical (unpaired) electrons. The maximum Gasteiger partial charge on any atom is 0.119 e. The summed E-state index contributed by atoms with van der Waals surface area (Å²) in [7, 11) is 1.99. The fraction of sp³-hybridized carbons (Fsp3) is 0.529. The third-order valence-corrected chi connectivity index (χ3v) is 2.85. The predicted molar refractivity (Wildman–Crippen MR) is 84.9 cm³/mol. The van der Waals surface area contributed by atoms with Crippen molar-refractivity contribution in [3.8, 4) is 18.1 Å². The number of nitrogens with one attached hydrogen (secondary N) is 1. The first-order chi connectivity index (χ1) is 9.40. The van der Waals surface area contributed by atoms with E-state index in [0.29, 0.717) is 13.2 Å². The lowest BCUT2D eigenvalue weighted by Gasteiger charge is -2.20. The zero-order valence-corrected chi connectivity index (χ0v) is 13.1. The average Bonchev–Trinajstić information content (AvgIpc) is 2.37. The van der Waals surface area contributed by atoms with E-state index in [1.54, 1.807) is 0 Å². The molecule has 0 bridgehead atoms. The molecule has 0 aromatic heterocycles. The smallest absolute Gasteiger partial charge is 0.119 e. The van der Waals surface area contributed by atoms with E-state index >= 15 is 0 Å². The SMILES string of the molecule is C#CCN(C)CCOc1ccc(CNC(C)(C)C)cc1. The van der Waals surface area contributed by atoms with E-state index in [9.17, 15) is 0 Å². The number of terminal acetylenes is 1. The standard InChI is InChI=1S/C17H26N2O/c1-6-11-19(5)12-13-20-16-9-7-15(8-10-16)14-18-17(2,3)4/h1,7-10,18H,11-14H2,2-5H3. The monoisotopic (exact) mass is 274 g/mol. The first-order valence-corrected chi connectivity index (χ1v) is 6.99. The van der Waals surface area contributed by atoms with Crippen LogP contribution in [0.2, 0.25) is 0 Å². The Hall–Kier alpha value is -1.50. The van der Waals surface area contributed by atoms with Crippen molar-refractivity contribution in [3.05, 3.63) is 29.8 Å². The highest BCUT2D eigenvalue weighted by Crippen LogP contribution is 2.13. The van der Waals surface area contributed by atoms with Crippen LogP contribution in [0.4, 0.5) is 0 Å². The van der Waals surface area contributed by atoms with Crippen LogP contribution in [-0.2, 0) is 6.54 Å². The third-order valence-electron chi connectivity index (χ3n) is 2.85. The molecule has 20 heavy (non-hydrogen) atoms.